The van der Waals surface area contributed by atoms with Gasteiger partial charge in [-0.3, -0.25) is 10.4 Å². The van der Waals surface area contributed by atoms with Crippen LogP contribution in [0.4, 0.5) is 20.3 Å². The number of aryl methyl sites for hydroxylation is 1. The van der Waals surface area contributed by atoms with E-state index < -0.39 is 17.7 Å². The first-order valence-corrected chi connectivity index (χ1v) is 13.6. The third-order valence-electron chi connectivity index (χ3n) is 6.94. The van der Waals surface area contributed by atoms with E-state index in [1.54, 1.807) is 25.3 Å². The zero-order valence-corrected chi connectivity index (χ0v) is 23.1. The van der Waals surface area contributed by atoms with Crippen LogP contribution >= 0.6 is 0 Å². The number of hydrogen-bond donors (Lipinski definition) is 3. The van der Waals surface area contributed by atoms with Crippen LogP contribution in [-0.2, 0) is 0 Å². The highest BCUT2D eigenvalue weighted by atomic mass is 19.1. The number of nitrogens with one attached hydrogen (secondary N) is 2. The predicted molar refractivity (Wildman–Crippen MR) is 153 cm³/mol. The van der Waals surface area contributed by atoms with Crippen LogP contribution in [0, 0.1) is 29.9 Å². The van der Waals surface area contributed by atoms with Crippen LogP contribution in [0.3, 0.4) is 0 Å². The van der Waals surface area contributed by atoms with E-state index in [4.69, 9.17) is 5.41 Å². The molecule has 0 radical (unpaired) electrons. The highest BCUT2D eigenvalue weighted by Gasteiger charge is 2.26. The monoisotopic (exact) mass is 547 g/mol. The first-order valence-electron chi connectivity index (χ1n) is 13.6. The van der Waals surface area contributed by atoms with Gasteiger partial charge in [-0.15, -0.1) is 0 Å². The molecule has 2 aromatic heterocycles. The number of piperidine rings is 1. The average Bonchev–Trinajstić information content (AvgIpc) is 2.95. The Hall–Kier alpha value is -4.01. The summed E-state index contributed by atoms with van der Waals surface area (Å²) in [7, 11) is 0. The molecule has 1 fully saturated rings. The van der Waals surface area contributed by atoms with Gasteiger partial charge in [0.1, 0.15) is 29.0 Å². The van der Waals surface area contributed by atoms with E-state index in [1.807, 2.05) is 11.8 Å². The van der Waals surface area contributed by atoms with Gasteiger partial charge in [-0.25, -0.2) is 23.7 Å². The summed E-state index contributed by atoms with van der Waals surface area (Å²) in [5.74, 6) is -0.683. The molecular formula is C30H35F2N7O. The standard InChI is InChI=1S/C30H35F2N7O/c1-4-12-34-18-35-17-21-10-14-39(15-11-21)29(33)23-16-25(32)28(22-7-5-6-8-24(22)31)38-30(23)37-26-19(2)9-13-36-27(26)20(3)40/h5-9,13,16,20-21,33,40H,4,10-12,14-15,17H2,1-3H3,(H,37,38). The Bertz CT molecular complexity index is 1410. The number of anilines is 2. The van der Waals surface area contributed by atoms with Crippen molar-refractivity contribution in [1.29, 1.82) is 5.41 Å². The molecule has 3 aromatic rings. The van der Waals surface area contributed by atoms with Crippen LogP contribution in [0.15, 0.2) is 52.6 Å². The molecule has 3 N–H and O–H groups in total. The zero-order chi connectivity index (χ0) is 28.6. The molecule has 10 heteroatoms. The minimum atomic E-state index is -0.884. The quantitative estimate of drug-likeness (QED) is 0.220. The number of halogens is 2. The van der Waals surface area contributed by atoms with E-state index in [-0.39, 0.29) is 28.5 Å². The maximum Gasteiger partial charge on any atom is 0.150 e. The molecule has 1 aliphatic rings. The second-order valence-electron chi connectivity index (χ2n) is 9.99. The lowest BCUT2D eigenvalue weighted by atomic mass is 9.96. The lowest BCUT2D eigenvalue weighted by Gasteiger charge is -2.33. The molecule has 1 unspecified atom stereocenters. The van der Waals surface area contributed by atoms with Crippen molar-refractivity contribution in [3.8, 4) is 11.3 Å². The Balaban J connectivity index is 1.66. The van der Waals surface area contributed by atoms with E-state index in [2.05, 4.69) is 38.2 Å². The first-order chi connectivity index (χ1) is 19.3. The first kappa shape index (κ1) is 29.0. The topological polar surface area (TPSA) is 110 Å². The number of pyridine rings is 2. The van der Waals surface area contributed by atoms with Crippen LogP contribution in [-0.4, -0.2) is 58.0 Å². The van der Waals surface area contributed by atoms with Crippen LogP contribution in [0.2, 0.25) is 0 Å². The molecular weight excluding hydrogens is 512 g/mol. The van der Waals surface area contributed by atoms with Crippen molar-refractivity contribution in [1.82, 2.24) is 14.9 Å². The van der Waals surface area contributed by atoms with Gasteiger partial charge in [0.05, 0.1) is 35.6 Å². The number of hydrogen-bond acceptors (Lipinski definition) is 7. The molecule has 1 aromatic carbocycles. The van der Waals surface area contributed by atoms with Gasteiger partial charge in [0.2, 0.25) is 0 Å². The highest BCUT2D eigenvalue weighted by Crippen LogP contribution is 2.33. The fourth-order valence-electron chi connectivity index (χ4n) is 4.68. The molecule has 0 aliphatic carbocycles. The van der Waals surface area contributed by atoms with Crippen molar-refractivity contribution in [3.63, 3.8) is 0 Å². The minimum Gasteiger partial charge on any atom is -0.387 e. The van der Waals surface area contributed by atoms with Crippen molar-refractivity contribution >= 4 is 23.3 Å². The van der Waals surface area contributed by atoms with E-state index >= 15 is 4.39 Å². The number of rotatable bonds is 9. The summed E-state index contributed by atoms with van der Waals surface area (Å²) in [5.41, 5.74) is 1.76. The Morgan fingerprint density at radius 1 is 1.20 bits per heavy atom. The van der Waals surface area contributed by atoms with E-state index in [1.165, 1.54) is 24.3 Å². The summed E-state index contributed by atoms with van der Waals surface area (Å²) in [6.45, 7) is 8.06. The Morgan fingerprint density at radius 3 is 2.65 bits per heavy atom. The van der Waals surface area contributed by atoms with Crippen molar-refractivity contribution in [2.24, 2.45) is 15.9 Å². The van der Waals surface area contributed by atoms with Crippen molar-refractivity contribution in [3.05, 3.63) is 71.1 Å². The Morgan fingerprint density at radius 2 is 1.95 bits per heavy atom. The Kier molecular flexibility index (Phi) is 9.69. The summed E-state index contributed by atoms with van der Waals surface area (Å²) in [5, 5.41) is 22.5. The largest absolute Gasteiger partial charge is 0.387 e. The molecule has 0 amide bonds. The molecule has 0 spiro atoms. The summed E-state index contributed by atoms with van der Waals surface area (Å²) in [6, 6.07) is 11.6. The third-order valence-corrected chi connectivity index (χ3v) is 6.94. The number of nitrogens with zero attached hydrogens (tertiary/aromatic N) is 5. The smallest absolute Gasteiger partial charge is 0.150 e. The SMILES string of the molecule is CCCN=C=NCC1CCN(C(=N)c2cc(F)c(-c3ccccc3F)nc2Nc2c(C)ccnc2C(C)O)CC1. The van der Waals surface area contributed by atoms with E-state index in [9.17, 15) is 9.50 Å². The van der Waals surface area contributed by atoms with Gasteiger partial charge >= 0.3 is 0 Å². The average molecular weight is 548 g/mol. The second kappa shape index (κ2) is 13.4. The number of aliphatic imine (C=N–C) groups is 2. The molecule has 1 atom stereocenters. The van der Waals surface area contributed by atoms with Crippen molar-refractivity contribution in [2.45, 2.75) is 46.1 Å². The van der Waals surface area contributed by atoms with Crippen LogP contribution in [0.25, 0.3) is 11.3 Å². The van der Waals surface area contributed by atoms with Crippen LogP contribution in [0.1, 0.15) is 56.0 Å². The van der Waals surface area contributed by atoms with Crippen LogP contribution in [0.5, 0.6) is 0 Å². The van der Waals surface area contributed by atoms with Gasteiger partial charge in [0, 0.05) is 31.4 Å². The number of likely N-dealkylation sites (tertiary alicyclic amines) is 1. The summed E-state index contributed by atoms with van der Waals surface area (Å²) in [6.07, 6.45) is 3.31. The summed E-state index contributed by atoms with van der Waals surface area (Å²) >= 11 is 0. The van der Waals surface area contributed by atoms with Crippen molar-refractivity contribution < 1.29 is 13.9 Å². The lowest BCUT2D eigenvalue weighted by molar-refractivity contribution is 0.195. The molecule has 3 heterocycles. The second-order valence-corrected chi connectivity index (χ2v) is 9.99. The number of aliphatic hydroxyl groups is 1. The maximum atomic E-state index is 15.5. The fourth-order valence-corrected chi connectivity index (χ4v) is 4.68. The molecule has 210 valence electrons. The zero-order valence-electron chi connectivity index (χ0n) is 23.1. The minimum absolute atomic E-state index is 0.0173. The van der Waals surface area contributed by atoms with Crippen LogP contribution < -0.4 is 5.32 Å². The molecule has 4 rings (SSSR count). The number of amidine groups is 1. The van der Waals surface area contributed by atoms with Gasteiger partial charge in [0.25, 0.3) is 0 Å². The molecule has 0 saturated carbocycles. The molecule has 8 nitrogen and oxygen atoms in total. The highest BCUT2D eigenvalue weighted by molar-refractivity contribution is 6.02. The summed E-state index contributed by atoms with van der Waals surface area (Å²) < 4.78 is 30.1. The lowest BCUT2D eigenvalue weighted by Crippen LogP contribution is -2.39. The number of aliphatic hydroxyl groups excluding tert-OH is 1. The molecule has 0 bridgehead atoms. The Labute approximate surface area is 233 Å². The fraction of sp³-hybridized carbons (Fsp3) is 0.400. The van der Waals surface area contributed by atoms with Gasteiger partial charge in [-0.2, -0.15) is 0 Å². The van der Waals surface area contributed by atoms with E-state index in [0.29, 0.717) is 43.5 Å². The molecule has 1 aliphatic heterocycles. The van der Waals surface area contributed by atoms with Crippen molar-refractivity contribution in [2.75, 3.05) is 31.5 Å². The normalized spacial score (nSPS) is 14.4. The predicted octanol–water partition coefficient (Wildman–Crippen LogP) is 6.15. The van der Waals surface area contributed by atoms with Gasteiger partial charge in [-0.1, -0.05) is 19.1 Å². The van der Waals surface area contributed by atoms with Gasteiger partial charge < -0.3 is 15.3 Å². The summed E-state index contributed by atoms with van der Waals surface area (Å²) in [4.78, 5) is 19.1. The van der Waals surface area contributed by atoms with Gasteiger partial charge in [-0.05, 0) is 68.9 Å². The number of aromatic nitrogens is 2. The third kappa shape index (κ3) is 6.76. The number of benzene rings is 1. The molecule has 40 heavy (non-hydrogen) atoms. The molecule has 1 saturated heterocycles. The van der Waals surface area contributed by atoms with E-state index in [0.717, 1.165) is 24.8 Å². The maximum absolute atomic E-state index is 15.5. The van der Waals surface area contributed by atoms with Gasteiger partial charge in [0.15, 0.2) is 0 Å².